The zero-order valence-electron chi connectivity index (χ0n) is 9.90. The second-order valence-corrected chi connectivity index (χ2v) is 5.06. The van der Waals surface area contributed by atoms with Crippen LogP contribution < -0.4 is 0 Å². The Labute approximate surface area is 101 Å². The number of ether oxygens (including phenoxy) is 1. The fourth-order valence-corrected chi connectivity index (χ4v) is 2.61. The molecular weight excluding hydrogens is 226 g/mol. The van der Waals surface area contributed by atoms with Gasteiger partial charge in [-0.15, -0.1) is 0 Å². The number of thioether (sulfide) groups is 1. The van der Waals surface area contributed by atoms with E-state index in [-0.39, 0.29) is 17.8 Å². The van der Waals surface area contributed by atoms with E-state index in [4.69, 9.17) is 0 Å². The maximum absolute atomic E-state index is 11.7. The zero-order chi connectivity index (χ0) is 12.0. The van der Waals surface area contributed by atoms with Crippen molar-refractivity contribution in [2.45, 2.75) is 19.8 Å². The first-order chi connectivity index (χ1) is 7.65. The van der Waals surface area contributed by atoms with E-state index in [9.17, 15) is 9.59 Å². The minimum Gasteiger partial charge on any atom is -0.469 e. The molecule has 1 saturated heterocycles. The number of amides is 1. The highest BCUT2D eigenvalue weighted by atomic mass is 32.2. The van der Waals surface area contributed by atoms with Crippen LogP contribution in [0.3, 0.4) is 0 Å². The van der Waals surface area contributed by atoms with Crippen LogP contribution in [0.1, 0.15) is 19.8 Å². The molecule has 1 unspecified atom stereocenters. The van der Waals surface area contributed by atoms with Gasteiger partial charge in [0, 0.05) is 18.8 Å². The lowest BCUT2D eigenvalue weighted by Gasteiger charge is -2.15. The number of likely N-dealkylation sites (tertiary alicyclic amines) is 1. The number of esters is 1. The van der Waals surface area contributed by atoms with Gasteiger partial charge < -0.3 is 9.64 Å². The smallest absolute Gasteiger partial charge is 0.309 e. The van der Waals surface area contributed by atoms with Gasteiger partial charge in [0.2, 0.25) is 5.91 Å². The fourth-order valence-electron chi connectivity index (χ4n) is 1.65. The summed E-state index contributed by atoms with van der Waals surface area (Å²) in [6, 6.07) is 0. The van der Waals surface area contributed by atoms with E-state index in [0.29, 0.717) is 11.5 Å². The Morgan fingerprint density at radius 3 is 2.56 bits per heavy atom. The van der Waals surface area contributed by atoms with E-state index in [2.05, 4.69) is 4.74 Å². The first-order valence-corrected chi connectivity index (χ1v) is 6.74. The lowest BCUT2D eigenvalue weighted by Crippen LogP contribution is -2.29. The average molecular weight is 245 g/mol. The summed E-state index contributed by atoms with van der Waals surface area (Å²) in [6.07, 6.45) is 2.24. The molecular formula is C11H19NO3S. The molecule has 0 aliphatic carbocycles. The van der Waals surface area contributed by atoms with Crippen LogP contribution in [0.15, 0.2) is 0 Å². The Balaban J connectivity index is 2.14. The average Bonchev–Trinajstić information content (AvgIpc) is 2.81. The Morgan fingerprint density at radius 1 is 1.38 bits per heavy atom. The second-order valence-electron chi connectivity index (χ2n) is 4.03. The van der Waals surface area contributed by atoms with Crippen LogP contribution in [0, 0.1) is 5.92 Å². The van der Waals surface area contributed by atoms with Gasteiger partial charge in [-0.25, -0.2) is 0 Å². The molecule has 0 aromatic carbocycles. The molecule has 1 aliphatic heterocycles. The monoisotopic (exact) mass is 245 g/mol. The van der Waals surface area contributed by atoms with Gasteiger partial charge in [0.15, 0.2) is 0 Å². The number of nitrogens with zero attached hydrogens (tertiary/aromatic N) is 1. The number of hydrogen-bond acceptors (Lipinski definition) is 4. The molecule has 1 atom stereocenters. The predicted octanol–water partition coefficient (Wildman–Crippen LogP) is 1.15. The van der Waals surface area contributed by atoms with Crippen molar-refractivity contribution in [2.75, 3.05) is 31.7 Å². The molecule has 1 rings (SSSR count). The van der Waals surface area contributed by atoms with E-state index in [1.54, 1.807) is 0 Å². The highest BCUT2D eigenvalue weighted by Gasteiger charge is 2.19. The molecule has 0 aromatic heterocycles. The number of carbonyl (C=O) groups is 2. The van der Waals surface area contributed by atoms with Crippen LogP contribution in [0.2, 0.25) is 0 Å². The van der Waals surface area contributed by atoms with Crippen LogP contribution in [-0.4, -0.2) is 48.5 Å². The summed E-state index contributed by atoms with van der Waals surface area (Å²) in [5.41, 5.74) is 0. The van der Waals surface area contributed by atoms with Crippen molar-refractivity contribution in [2.24, 2.45) is 5.92 Å². The van der Waals surface area contributed by atoms with Crippen LogP contribution in [0.4, 0.5) is 0 Å². The van der Waals surface area contributed by atoms with Gasteiger partial charge in [-0.3, -0.25) is 9.59 Å². The minimum atomic E-state index is -0.207. The van der Waals surface area contributed by atoms with Gasteiger partial charge in [0.1, 0.15) is 0 Å². The van der Waals surface area contributed by atoms with Crippen molar-refractivity contribution < 1.29 is 14.3 Å². The number of rotatable bonds is 5. The van der Waals surface area contributed by atoms with Gasteiger partial charge >= 0.3 is 5.97 Å². The van der Waals surface area contributed by atoms with Crippen molar-refractivity contribution in [3.05, 3.63) is 0 Å². The van der Waals surface area contributed by atoms with Gasteiger partial charge in [0.25, 0.3) is 0 Å². The molecule has 1 fully saturated rings. The summed E-state index contributed by atoms with van der Waals surface area (Å²) in [5, 5.41) is 0. The predicted molar refractivity (Wildman–Crippen MR) is 64.3 cm³/mol. The van der Waals surface area contributed by atoms with E-state index < -0.39 is 0 Å². The molecule has 1 heterocycles. The Bertz CT molecular complexity index is 252. The van der Waals surface area contributed by atoms with Crippen molar-refractivity contribution in [3.8, 4) is 0 Å². The third-order valence-corrected chi connectivity index (χ3v) is 3.84. The van der Waals surface area contributed by atoms with E-state index in [0.717, 1.165) is 25.9 Å². The summed E-state index contributed by atoms with van der Waals surface area (Å²) in [5.74, 6) is 0.968. The van der Waals surface area contributed by atoms with Gasteiger partial charge in [-0.1, -0.05) is 6.92 Å². The van der Waals surface area contributed by atoms with Crippen molar-refractivity contribution >= 4 is 23.6 Å². The third kappa shape index (κ3) is 4.04. The van der Waals surface area contributed by atoms with Crippen LogP contribution in [0.25, 0.3) is 0 Å². The number of hydrogen-bond donors (Lipinski definition) is 0. The third-order valence-electron chi connectivity index (χ3n) is 2.66. The van der Waals surface area contributed by atoms with Gasteiger partial charge in [0.05, 0.1) is 18.8 Å². The maximum Gasteiger partial charge on any atom is 0.309 e. The normalized spacial score (nSPS) is 17.2. The highest BCUT2D eigenvalue weighted by molar-refractivity contribution is 7.99. The second kappa shape index (κ2) is 6.78. The maximum atomic E-state index is 11.7. The summed E-state index contributed by atoms with van der Waals surface area (Å²) in [6.45, 7) is 3.61. The summed E-state index contributed by atoms with van der Waals surface area (Å²) in [7, 11) is 1.39. The Morgan fingerprint density at radius 2 is 2.00 bits per heavy atom. The molecule has 0 saturated carbocycles. The van der Waals surface area contributed by atoms with Gasteiger partial charge in [-0.2, -0.15) is 11.8 Å². The molecule has 0 bridgehead atoms. The van der Waals surface area contributed by atoms with Crippen LogP contribution in [-0.2, 0) is 14.3 Å². The quantitative estimate of drug-likeness (QED) is 0.682. The summed E-state index contributed by atoms with van der Waals surface area (Å²) < 4.78 is 4.62. The van der Waals surface area contributed by atoms with E-state index >= 15 is 0 Å². The standard InChI is InChI=1S/C11H19NO3S/c1-9(11(14)15-2)7-16-8-10(13)12-5-3-4-6-12/h9H,3-8H2,1-2H3. The lowest BCUT2D eigenvalue weighted by atomic mass is 10.2. The van der Waals surface area contributed by atoms with Crippen LogP contribution in [0.5, 0.6) is 0 Å². The van der Waals surface area contributed by atoms with E-state index in [1.165, 1.54) is 18.9 Å². The van der Waals surface area contributed by atoms with Crippen LogP contribution >= 0.6 is 11.8 Å². The highest BCUT2D eigenvalue weighted by Crippen LogP contribution is 2.13. The largest absolute Gasteiger partial charge is 0.469 e. The molecule has 16 heavy (non-hydrogen) atoms. The molecule has 0 aromatic rings. The molecule has 0 N–H and O–H groups in total. The molecule has 0 spiro atoms. The first kappa shape index (κ1) is 13.4. The lowest BCUT2D eigenvalue weighted by molar-refractivity contribution is -0.144. The molecule has 1 amide bonds. The molecule has 4 nitrogen and oxygen atoms in total. The van der Waals surface area contributed by atoms with E-state index in [1.807, 2.05) is 11.8 Å². The Hall–Kier alpha value is -0.710. The fraction of sp³-hybridized carbons (Fsp3) is 0.818. The van der Waals surface area contributed by atoms with Crippen molar-refractivity contribution in [1.29, 1.82) is 0 Å². The molecule has 1 aliphatic rings. The topological polar surface area (TPSA) is 46.6 Å². The summed E-state index contributed by atoms with van der Waals surface area (Å²) in [4.78, 5) is 24.7. The molecule has 92 valence electrons. The van der Waals surface area contributed by atoms with Crippen molar-refractivity contribution in [1.82, 2.24) is 4.90 Å². The molecule has 5 heteroatoms. The number of methoxy groups -OCH3 is 1. The SMILES string of the molecule is COC(=O)C(C)CSCC(=O)N1CCCC1. The minimum absolute atomic E-state index is 0.138. The van der Waals surface area contributed by atoms with Gasteiger partial charge in [-0.05, 0) is 12.8 Å². The first-order valence-electron chi connectivity index (χ1n) is 5.58. The molecule has 0 radical (unpaired) electrons. The number of carbonyl (C=O) groups excluding carboxylic acids is 2. The zero-order valence-corrected chi connectivity index (χ0v) is 10.7. The summed E-state index contributed by atoms with van der Waals surface area (Å²) >= 11 is 1.51. The van der Waals surface area contributed by atoms with Crippen molar-refractivity contribution in [3.63, 3.8) is 0 Å². The Kier molecular flexibility index (Phi) is 5.66.